The van der Waals surface area contributed by atoms with Crippen molar-refractivity contribution in [2.24, 2.45) is 0 Å². The van der Waals surface area contributed by atoms with Crippen LogP contribution in [0.25, 0.3) is 0 Å². The van der Waals surface area contributed by atoms with E-state index >= 15 is 0 Å². The normalized spacial score (nSPS) is 16.1. The molecule has 1 saturated heterocycles. The Kier molecular flexibility index (Phi) is 7.74. The summed E-state index contributed by atoms with van der Waals surface area (Å²) in [5.41, 5.74) is -0.551. The maximum absolute atomic E-state index is 11.9. The number of amides is 3. The minimum atomic E-state index is -0.551. The lowest BCUT2D eigenvalue weighted by Gasteiger charge is -2.31. The zero-order valence-corrected chi connectivity index (χ0v) is 15.1. The molecule has 1 fully saturated rings. The molecule has 0 radical (unpaired) electrons. The molecule has 0 aromatic rings. The van der Waals surface area contributed by atoms with Gasteiger partial charge in [-0.05, 0) is 46.6 Å². The van der Waals surface area contributed by atoms with Crippen molar-refractivity contribution in [3.8, 4) is 0 Å². The van der Waals surface area contributed by atoms with Gasteiger partial charge in [0.05, 0.1) is 0 Å². The SMILES string of the molecule is C/C=C/C(=O)N1CCC(NC(=O)CCNC(=O)OC(C)(C)C)CC1. The number of carbonyl (C=O) groups is 3. The molecule has 0 bridgehead atoms. The maximum atomic E-state index is 11.9. The molecule has 0 unspecified atom stereocenters. The molecule has 1 rings (SSSR count). The van der Waals surface area contributed by atoms with Crippen molar-refractivity contribution in [2.75, 3.05) is 19.6 Å². The highest BCUT2D eigenvalue weighted by molar-refractivity contribution is 5.87. The van der Waals surface area contributed by atoms with Crippen LogP contribution < -0.4 is 10.6 Å². The molecule has 1 aliphatic heterocycles. The highest BCUT2D eigenvalue weighted by atomic mass is 16.6. The van der Waals surface area contributed by atoms with E-state index < -0.39 is 11.7 Å². The third-order valence-electron chi connectivity index (χ3n) is 3.50. The minimum absolute atomic E-state index is 0.0174. The van der Waals surface area contributed by atoms with Crippen LogP contribution in [0, 0.1) is 0 Å². The summed E-state index contributed by atoms with van der Waals surface area (Å²) < 4.78 is 5.10. The van der Waals surface area contributed by atoms with Gasteiger partial charge in [-0.3, -0.25) is 9.59 Å². The van der Waals surface area contributed by atoms with Gasteiger partial charge in [0.25, 0.3) is 0 Å². The number of piperidine rings is 1. The Labute approximate surface area is 143 Å². The topological polar surface area (TPSA) is 87.7 Å². The molecule has 24 heavy (non-hydrogen) atoms. The Balaban J connectivity index is 2.21. The van der Waals surface area contributed by atoms with Crippen LogP contribution >= 0.6 is 0 Å². The summed E-state index contributed by atoms with van der Waals surface area (Å²) in [5, 5.41) is 5.51. The van der Waals surface area contributed by atoms with E-state index in [1.54, 1.807) is 37.8 Å². The number of hydrogen-bond donors (Lipinski definition) is 2. The van der Waals surface area contributed by atoms with Gasteiger partial charge in [-0.1, -0.05) is 6.08 Å². The van der Waals surface area contributed by atoms with Crippen LogP contribution in [0.4, 0.5) is 4.79 Å². The van der Waals surface area contributed by atoms with Gasteiger partial charge < -0.3 is 20.3 Å². The van der Waals surface area contributed by atoms with Crippen LogP contribution in [0.15, 0.2) is 12.2 Å². The van der Waals surface area contributed by atoms with Gasteiger partial charge in [-0.25, -0.2) is 4.79 Å². The number of hydrogen-bond acceptors (Lipinski definition) is 4. The summed E-state index contributed by atoms with van der Waals surface area (Å²) in [6, 6.07) is 0.0775. The number of rotatable bonds is 5. The van der Waals surface area contributed by atoms with Gasteiger partial charge in [-0.15, -0.1) is 0 Å². The molecule has 1 heterocycles. The molecule has 0 spiro atoms. The van der Waals surface area contributed by atoms with E-state index in [1.807, 2.05) is 6.92 Å². The Bertz CT molecular complexity index is 475. The van der Waals surface area contributed by atoms with Gasteiger partial charge in [-0.2, -0.15) is 0 Å². The van der Waals surface area contributed by atoms with Crippen molar-refractivity contribution in [3.05, 3.63) is 12.2 Å². The van der Waals surface area contributed by atoms with E-state index in [0.717, 1.165) is 12.8 Å². The van der Waals surface area contributed by atoms with Crippen molar-refractivity contribution >= 4 is 17.9 Å². The summed E-state index contributed by atoms with van der Waals surface area (Å²) in [4.78, 5) is 36.9. The fourth-order valence-electron chi connectivity index (χ4n) is 2.38. The molecular weight excluding hydrogens is 310 g/mol. The molecule has 7 nitrogen and oxygen atoms in total. The second-order valence-electron chi connectivity index (χ2n) is 6.85. The Hall–Kier alpha value is -2.05. The summed E-state index contributed by atoms with van der Waals surface area (Å²) >= 11 is 0. The first-order chi connectivity index (χ1) is 11.2. The van der Waals surface area contributed by atoms with Crippen molar-refractivity contribution in [3.63, 3.8) is 0 Å². The van der Waals surface area contributed by atoms with Gasteiger partial charge in [0, 0.05) is 32.1 Å². The number of nitrogens with zero attached hydrogens (tertiary/aromatic N) is 1. The summed E-state index contributed by atoms with van der Waals surface area (Å²) in [5.74, 6) is -0.0897. The molecular formula is C17H29N3O4. The zero-order chi connectivity index (χ0) is 18.2. The van der Waals surface area contributed by atoms with E-state index in [2.05, 4.69) is 10.6 Å². The van der Waals surface area contributed by atoms with Gasteiger partial charge in [0.1, 0.15) is 5.60 Å². The summed E-state index contributed by atoms with van der Waals surface area (Å²) in [6.07, 6.45) is 4.46. The number of likely N-dealkylation sites (tertiary alicyclic amines) is 1. The molecule has 3 amide bonds. The molecule has 0 saturated carbocycles. The fraction of sp³-hybridized carbons (Fsp3) is 0.706. The van der Waals surface area contributed by atoms with Crippen LogP contribution in [0.1, 0.15) is 47.0 Å². The van der Waals surface area contributed by atoms with Crippen LogP contribution in [-0.4, -0.2) is 54.1 Å². The molecule has 0 aromatic carbocycles. The number of allylic oxidation sites excluding steroid dienone is 1. The molecule has 136 valence electrons. The van der Waals surface area contributed by atoms with Crippen molar-refractivity contribution in [1.82, 2.24) is 15.5 Å². The average Bonchev–Trinajstić information content (AvgIpc) is 2.46. The lowest BCUT2D eigenvalue weighted by Crippen LogP contribution is -2.46. The second-order valence-corrected chi connectivity index (χ2v) is 6.85. The summed E-state index contributed by atoms with van der Waals surface area (Å²) in [7, 11) is 0. The van der Waals surface area contributed by atoms with E-state index in [4.69, 9.17) is 4.74 Å². The number of carbonyl (C=O) groups excluding carboxylic acids is 3. The third-order valence-corrected chi connectivity index (χ3v) is 3.50. The molecule has 0 aliphatic carbocycles. The molecule has 0 aromatic heterocycles. The number of alkyl carbamates (subject to hydrolysis) is 1. The van der Waals surface area contributed by atoms with Crippen molar-refractivity contribution < 1.29 is 19.1 Å². The van der Waals surface area contributed by atoms with E-state index in [-0.39, 0.29) is 30.8 Å². The van der Waals surface area contributed by atoms with E-state index in [9.17, 15) is 14.4 Å². The third kappa shape index (κ3) is 7.99. The Morgan fingerprint density at radius 3 is 2.38 bits per heavy atom. The average molecular weight is 339 g/mol. The summed E-state index contributed by atoms with van der Waals surface area (Å²) in [6.45, 7) is 8.69. The molecule has 7 heteroatoms. The van der Waals surface area contributed by atoms with Crippen LogP contribution in [0.3, 0.4) is 0 Å². The lowest BCUT2D eigenvalue weighted by molar-refractivity contribution is -0.127. The molecule has 2 N–H and O–H groups in total. The van der Waals surface area contributed by atoms with Crippen LogP contribution in [-0.2, 0) is 14.3 Å². The van der Waals surface area contributed by atoms with E-state index in [1.165, 1.54) is 0 Å². The number of ether oxygens (including phenoxy) is 1. The first kappa shape index (κ1) is 20.0. The Morgan fingerprint density at radius 2 is 1.83 bits per heavy atom. The van der Waals surface area contributed by atoms with E-state index in [0.29, 0.717) is 13.1 Å². The van der Waals surface area contributed by atoms with Gasteiger partial charge >= 0.3 is 6.09 Å². The largest absolute Gasteiger partial charge is 0.444 e. The minimum Gasteiger partial charge on any atom is -0.444 e. The van der Waals surface area contributed by atoms with Crippen LogP contribution in [0.2, 0.25) is 0 Å². The predicted octanol–water partition coefficient (Wildman–Crippen LogP) is 1.58. The van der Waals surface area contributed by atoms with Crippen molar-refractivity contribution in [1.29, 1.82) is 0 Å². The molecule has 0 atom stereocenters. The number of nitrogens with one attached hydrogen (secondary N) is 2. The first-order valence-corrected chi connectivity index (χ1v) is 8.39. The van der Waals surface area contributed by atoms with Gasteiger partial charge in [0.2, 0.25) is 11.8 Å². The second kappa shape index (κ2) is 9.30. The monoisotopic (exact) mass is 339 g/mol. The lowest BCUT2D eigenvalue weighted by atomic mass is 10.0. The van der Waals surface area contributed by atoms with Gasteiger partial charge in [0.15, 0.2) is 0 Å². The highest BCUT2D eigenvalue weighted by Gasteiger charge is 2.22. The quantitative estimate of drug-likeness (QED) is 0.745. The molecule has 1 aliphatic rings. The zero-order valence-electron chi connectivity index (χ0n) is 15.1. The first-order valence-electron chi connectivity index (χ1n) is 8.39. The maximum Gasteiger partial charge on any atom is 0.407 e. The smallest absolute Gasteiger partial charge is 0.407 e. The highest BCUT2D eigenvalue weighted by Crippen LogP contribution is 2.11. The predicted molar refractivity (Wildman–Crippen MR) is 91.4 cm³/mol. The fourth-order valence-corrected chi connectivity index (χ4v) is 2.38. The van der Waals surface area contributed by atoms with Crippen molar-refractivity contribution in [2.45, 2.75) is 58.6 Å². The van der Waals surface area contributed by atoms with Crippen LogP contribution in [0.5, 0.6) is 0 Å². The standard InChI is InChI=1S/C17H29N3O4/c1-5-6-15(22)20-11-8-13(9-12-20)19-14(21)7-10-18-16(23)24-17(2,3)4/h5-6,13H,7-12H2,1-4H3,(H,18,23)(H,19,21)/b6-5+. The Morgan fingerprint density at radius 1 is 1.21 bits per heavy atom.